The second kappa shape index (κ2) is 7.54. The molecule has 0 radical (unpaired) electrons. The van der Waals surface area contributed by atoms with E-state index in [2.05, 4.69) is 23.6 Å². The third kappa shape index (κ3) is 3.38. The minimum absolute atomic E-state index is 0.940. The molecule has 0 aromatic carbocycles. The van der Waals surface area contributed by atoms with Crippen LogP contribution in [0.4, 0.5) is 0 Å². The summed E-state index contributed by atoms with van der Waals surface area (Å²) < 4.78 is 0. The highest BCUT2D eigenvalue weighted by molar-refractivity contribution is 8.00. The largest absolute Gasteiger partial charge is 0.295 e. The SMILES string of the molecule is CCCCCCN1C2CCCCC2SC2CCCCC21. The van der Waals surface area contributed by atoms with E-state index < -0.39 is 0 Å². The molecule has 3 fully saturated rings. The van der Waals surface area contributed by atoms with Crippen molar-refractivity contribution in [3.8, 4) is 0 Å². The molecule has 0 amide bonds. The Balaban J connectivity index is 1.63. The van der Waals surface area contributed by atoms with E-state index >= 15 is 0 Å². The molecular weight excluding hydrogens is 262 g/mol. The van der Waals surface area contributed by atoms with Crippen molar-refractivity contribution in [2.45, 2.75) is 107 Å². The van der Waals surface area contributed by atoms with Crippen LogP contribution in [0.5, 0.6) is 0 Å². The summed E-state index contributed by atoms with van der Waals surface area (Å²) in [5.74, 6) is 0. The van der Waals surface area contributed by atoms with E-state index in [0.29, 0.717) is 0 Å². The molecule has 116 valence electrons. The summed E-state index contributed by atoms with van der Waals surface area (Å²) in [6.45, 7) is 3.73. The molecule has 3 aliphatic rings. The smallest absolute Gasteiger partial charge is 0.0218 e. The Bertz CT molecular complexity index is 271. The zero-order valence-electron chi connectivity index (χ0n) is 13.4. The van der Waals surface area contributed by atoms with E-state index in [0.717, 1.165) is 22.6 Å². The number of hydrogen-bond donors (Lipinski definition) is 0. The number of thioether (sulfide) groups is 1. The Kier molecular flexibility index (Phi) is 5.73. The first-order valence-electron chi connectivity index (χ1n) is 9.31. The fourth-order valence-electron chi connectivity index (χ4n) is 4.75. The molecule has 0 N–H and O–H groups in total. The van der Waals surface area contributed by atoms with Gasteiger partial charge in [0.25, 0.3) is 0 Å². The van der Waals surface area contributed by atoms with Crippen LogP contribution in [0.25, 0.3) is 0 Å². The molecule has 0 aromatic heterocycles. The number of rotatable bonds is 5. The third-order valence-electron chi connectivity index (χ3n) is 5.81. The molecule has 1 aliphatic heterocycles. The number of hydrogen-bond acceptors (Lipinski definition) is 2. The van der Waals surface area contributed by atoms with Crippen LogP contribution >= 0.6 is 11.8 Å². The quantitative estimate of drug-likeness (QED) is 0.638. The van der Waals surface area contributed by atoms with Crippen LogP contribution in [0, 0.1) is 0 Å². The van der Waals surface area contributed by atoms with Gasteiger partial charge in [-0.05, 0) is 38.6 Å². The molecule has 1 nitrogen and oxygen atoms in total. The van der Waals surface area contributed by atoms with Crippen LogP contribution in [-0.2, 0) is 0 Å². The van der Waals surface area contributed by atoms with Gasteiger partial charge in [-0.15, -0.1) is 0 Å². The summed E-state index contributed by atoms with van der Waals surface area (Å²) >= 11 is 2.41. The molecule has 4 unspecified atom stereocenters. The Morgan fingerprint density at radius 1 is 0.800 bits per heavy atom. The Morgan fingerprint density at radius 3 is 2.00 bits per heavy atom. The molecule has 2 saturated carbocycles. The maximum absolute atomic E-state index is 3.01. The molecule has 1 heterocycles. The number of nitrogens with zero attached hydrogens (tertiary/aromatic N) is 1. The van der Waals surface area contributed by atoms with Gasteiger partial charge >= 0.3 is 0 Å². The molecule has 4 atom stereocenters. The van der Waals surface area contributed by atoms with Crippen LogP contribution in [0.2, 0.25) is 0 Å². The van der Waals surface area contributed by atoms with Crippen molar-refractivity contribution in [2.75, 3.05) is 6.54 Å². The van der Waals surface area contributed by atoms with Crippen LogP contribution in [-0.4, -0.2) is 34.0 Å². The lowest BCUT2D eigenvalue weighted by Gasteiger charge is -2.53. The monoisotopic (exact) mass is 295 g/mol. The summed E-state index contributed by atoms with van der Waals surface area (Å²) in [5.41, 5.74) is 0. The van der Waals surface area contributed by atoms with Crippen molar-refractivity contribution in [1.29, 1.82) is 0 Å². The summed E-state index contributed by atoms with van der Waals surface area (Å²) in [6, 6.07) is 1.88. The first kappa shape index (κ1) is 15.2. The maximum Gasteiger partial charge on any atom is 0.0218 e. The van der Waals surface area contributed by atoms with Gasteiger partial charge in [0.15, 0.2) is 0 Å². The highest BCUT2D eigenvalue weighted by Crippen LogP contribution is 2.46. The van der Waals surface area contributed by atoms with E-state index in [1.807, 2.05) is 0 Å². The lowest BCUT2D eigenvalue weighted by atomic mass is 9.87. The molecule has 20 heavy (non-hydrogen) atoms. The zero-order chi connectivity index (χ0) is 13.8. The van der Waals surface area contributed by atoms with Crippen molar-refractivity contribution in [3.63, 3.8) is 0 Å². The zero-order valence-corrected chi connectivity index (χ0v) is 14.2. The Morgan fingerprint density at radius 2 is 1.40 bits per heavy atom. The summed E-state index contributed by atoms with van der Waals surface area (Å²) in [5, 5.41) is 1.96. The predicted octanol–water partition coefficient (Wildman–Crippen LogP) is 5.24. The fraction of sp³-hybridized carbons (Fsp3) is 1.00. The molecule has 0 bridgehead atoms. The average molecular weight is 296 g/mol. The highest BCUT2D eigenvalue weighted by Gasteiger charge is 2.44. The average Bonchev–Trinajstić information content (AvgIpc) is 2.50. The topological polar surface area (TPSA) is 3.24 Å². The van der Waals surface area contributed by atoms with E-state index in [9.17, 15) is 0 Å². The van der Waals surface area contributed by atoms with E-state index in [1.165, 1.54) is 83.6 Å². The van der Waals surface area contributed by atoms with Gasteiger partial charge in [0.1, 0.15) is 0 Å². The lowest BCUT2D eigenvalue weighted by molar-refractivity contribution is 0.0754. The third-order valence-corrected chi connectivity index (χ3v) is 7.61. The van der Waals surface area contributed by atoms with Crippen LogP contribution in [0.15, 0.2) is 0 Å². The number of fused-ring (bicyclic) bond motifs is 2. The summed E-state index contributed by atoms with van der Waals surface area (Å²) in [4.78, 5) is 3.01. The molecular formula is C18H33NS. The molecule has 3 rings (SSSR count). The van der Waals surface area contributed by atoms with E-state index in [1.54, 1.807) is 0 Å². The van der Waals surface area contributed by atoms with Crippen LogP contribution in [0.1, 0.15) is 84.0 Å². The van der Waals surface area contributed by atoms with Gasteiger partial charge in [-0.3, -0.25) is 4.90 Å². The fourth-order valence-corrected chi connectivity index (χ4v) is 6.76. The number of unbranched alkanes of at least 4 members (excludes halogenated alkanes) is 3. The standard InChI is InChI=1S/C18H33NS/c1-2-3-4-9-14-19-15-10-5-7-12-17(15)20-18-13-8-6-11-16(18)19/h15-18H,2-14H2,1H3. The van der Waals surface area contributed by atoms with Gasteiger partial charge in [0.2, 0.25) is 0 Å². The van der Waals surface area contributed by atoms with Gasteiger partial charge < -0.3 is 0 Å². The minimum atomic E-state index is 0.940. The van der Waals surface area contributed by atoms with Gasteiger partial charge in [-0.25, -0.2) is 0 Å². The maximum atomic E-state index is 3.01. The Labute approximate surface area is 130 Å². The first-order chi connectivity index (χ1) is 9.90. The lowest BCUT2D eigenvalue weighted by Crippen LogP contribution is -2.58. The van der Waals surface area contributed by atoms with E-state index in [4.69, 9.17) is 0 Å². The molecule has 0 spiro atoms. The van der Waals surface area contributed by atoms with Crippen molar-refractivity contribution in [2.24, 2.45) is 0 Å². The van der Waals surface area contributed by atoms with Gasteiger partial charge in [0.05, 0.1) is 0 Å². The van der Waals surface area contributed by atoms with Gasteiger partial charge in [-0.1, -0.05) is 51.9 Å². The van der Waals surface area contributed by atoms with Gasteiger partial charge in [-0.2, -0.15) is 11.8 Å². The summed E-state index contributed by atoms with van der Waals surface area (Å²) in [6.07, 6.45) is 17.7. The summed E-state index contributed by atoms with van der Waals surface area (Å²) in [7, 11) is 0. The second-order valence-corrected chi connectivity index (χ2v) is 8.70. The molecule has 2 heteroatoms. The minimum Gasteiger partial charge on any atom is -0.295 e. The molecule has 1 saturated heterocycles. The normalized spacial score (nSPS) is 38.2. The Hall–Kier alpha value is 0.310. The van der Waals surface area contributed by atoms with Crippen LogP contribution in [0.3, 0.4) is 0 Å². The van der Waals surface area contributed by atoms with E-state index in [-0.39, 0.29) is 0 Å². The molecule has 2 aliphatic carbocycles. The van der Waals surface area contributed by atoms with Crippen molar-refractivity contribution in [3.05, 3.63) is 0 Å². The molecule has 0 aromatic rings. The second-order valence-electron chi connectivity index (χ2n) is 7.22. The predicted molar refractivity (Wildman–Crippen MR) is 90.5 cm³/mol. The van der Waals surface area contributed by atoms with Crippen molar-refractivity contribution < 1.29 is 0 Å². The van der Waals surface area contributed by atoms with Crippen molar-refractivity contribution >= 4 is 11.8 Å². The highest BCUT2D eigenvalue weighted by atomic mass is 32.2. The van der Waals surface area contributed by atoms with Gasteiger partial charge in [0, 0.05) is 22.6 Å². The van der Waals surface area contributed by atoms with Crippen molar-refractivity contribution in [1.82, 2.24) is 4.90 Å². The van der Waals surface area contributed by atoms with Crippen LogP contribution < -0.4 is 0 Å². The first-order valence-corrected chi connectivity index (χ1v) is 10.3.